The Morgan fingerprint density at radius 3 is 1.97 bits per heavy atom. The molecule has 0 spiro atoms. The van der Waals surface area contributed by atoms with Gasteiger partial charge in [0.15, 0.2) is 0 Å². The number of para-hydroxylation sites is 1. The molecular formula is C27H27N3. The van der Waals surface area contributed by atoms with Crippen LogP contribution in [0.5, 0.6) is 0 Å². The monoisotopic (exact) mass is 393 g/mol. The second-order valence-electron chi connectivity index (χ2n) is 7.19. The van der Waals surface area contributed by atoms with E-state index < -0.39 is 0 Å². The predicted octanol–water partition coefficient (Wildman–Crippen LogP) is 6.86. The number of nitrogens with zero attached hydrogens (tertiary/aromatic N) is 3. The van der Waals surface area contributed by atoms with Crippen molar-refractivity contribution < 1.29 is 0 Å². The van der Waals surface area contributed by atoms with Crippen molar-refractivity contribution in [3.63, 3.8) is 0 Å². The molecule has 0 atom stereocenters. The summed E-state index contributed by atoms with van der Waals surface area (Å²) in [7, 11) is 0. The molecule has 0 heterocycles. The molecular weight excluding hydrogens is 366 g/mol. The van der Waals surface area contributed by atoms with Crippen LogP contribution in [0.4, 0.5) is 17.1 Å². The molecule has 0 saturated carbocycles. The fourth-order valence-electron chi connectivity index (χ4n) is 3.64. The Morgan fingerprint density at radius 2 is 1.27 bits per heavy atom. The first-order chi connectivity index (χ1) is 14.8. The van der Waals surface area contributed by atoms with Crippen molar-refractivity contribution in [2.24, 2.45) is 5.10 Å². The average Bonchev–Trinajstić information content (AvgIpc) is 2.81. The summed E-state index contributed by atoms with van der Waals surface area (Å²) in [5.74, 6) is 0. The van der Waals surface area contributed by atoms with Gasteiger partial charge in [-0.25, -0.2) is 5.01 Å². The quantitative estimate of drug-likeness (QED) is 0.252. The Bertz CT molecular complexity index is 1110. The van der Waals surface area contributed by atoms with Gasteiger partial charge in [-0.05, 0) is 66.6 Å². The highest BCUT2D eigenvalue weighted by Crippen LogP contribution is 2.29. The van der Waals surface area contributed by atoms with Crippen molar-refractivity contribution >= 4 is 34.0 Å². The molecule has 0 aliphatic rings. The van der Waals surface area contributed by atoms with Crippen molar-refractivity contribution in [1.29, 1.82) is 0 Å². The molecule has 0 radical (unpaired) electrons. The van der Waals surface area contributed by atoms with E-state index in [4.69, 9.17) is 5.10 Å². The normalized spacial score (nSPS) is 11.1. The maximum Gasteiger partial charge on any atom is 0.0659 e. The van der Waals surface area contributed by atoms with Gasteiger partial charge in [-0.1, -0.05) is 60.7 Å². The van der Waals surface area contributed by atoms with Gasteiger partial charge < -0.3 is 4.90 Å². The first-order valence-electron chi connectivity index (χ1n) is 10.5. The summed E-state index contributed by atoms with van der Waals surface area (Å²) in [5, 5.41) is 9.27. The lowest BCUT2D eigenvalue weighted by atomic mass is 10.1. The van der Waals surface area contributed by atoms with Crippen LogP contribution in [0.3, 0.4) is 0 Å². The zero-order valence-corrected chi connectivity index (χ0v) is 17.6. The zero-order valence-electron chi connectivity index (χ0n) is 17.6. The minimum Gasteiger partial charge on any atom is -0.372 e. The van der Waals surface area contributed by atoms with Gasteiger partial charge in [0.2, 0.25) is 0 Å². The first-order valence-corrected chi connectivity index (χ1v) is 10.5. The van der Waals surface area contributed by atoms with Crippen LogP contribution >= 0.6 is 0 Å². The standard InChI is InChI=1S/C27H27N3/c1-3-29(4-2)25-17-14-22(15-18-25)21-28-30(26-12-6-5-7-13-26)27-19-16-23-10-8-9-11-24(23)20-27/h5-21H,3-4H2,1-2H3/b28-21-. The van der Waals surface area contributed by atoms with Gasteiger partial charge in [0.25, 0.3) is 0 Å². The fraction of sp³-hybridized carbons (Fsp3) is 0.148. The molecule has 30 heavy (non-hydrogen) atoms. The van der Waals surface area contributed by atoms with Crippen LogP contribution in [-0.2, 0) is 0 Å². The van der Waals surface area contributed by atoms with Crippen LogP contribution in [-0.4, -0.2) is 19.3 Å². The third kappa shape index (κ3) is 4.36. The van der Waals surface area contributed by atoms with Crippen LogP contribution in [0, 0.1) is 0 Å². The molecule has 0 aromatic heterocycles. The second-order valence-corrected chi connectivity index (χ2v) is 7.19. The minimum absolute atomic E-state index is 1.01. The lowest BCUT2D eigenvalue weighted by molar-refractivity contribution is 0.866. The summed E-state index contributed by atoms with van der Waals surface area (Å²) in [6.45, 7) is 6.38. The Hall–Kier alpha value is -3.59. The van der Waals surface area contributed by atoms with Crippen molar-refractivity contribution in [2.75, 3.05) is 23.0 Å². The van der Waals surface area contributed by atoms with Gasteiger partial charge in [0.05, 0.1) is 17.6 Å². The van der Waals surface area contributed by atoms with Gasteiger partial charge in [0, 0.05) is 18.8 Å². The van der Waals surface area contributed by atoms with Crippen molar-refractivity contribution in [3.05, 3.63) is 103 Å². The molecule has 0 N–H and O–H groups in total. The van der Waals surface area contributed by atoms with E-state index in [0.717, 1.165) is 30.0 Å². The number of hydrazone groups is 1. The molecule has 4 aromatic carbocycles. The summed E-state index contributed by atoms with van der Waals surface area (Å²) in [6.07, 6.45) is 1.92. The number of rotatable bonds is 7. The van der Waals surface area contributed by atoms with Crippen molar-refractivity contribution in [3.8, 4) is 0 Å². The molecule has 4 aromatic rings. The Morgan fingerprint density at radius 1 is 0.633 bits per heavy atom. The average molecular weight is 394 g/mol. The Balaban J connectivity index is 1.66. The van der Waals surface area contributed by atoms with Gasteiger partial charge >= 0.3 is 0 Å². The third-order valence-electron chi connectivity index (χ3n) is 5.32. The van der Waals surface area contributed by atoms with Crippen LogP contribution in [0.25, 0.3) is 10.8 Å². The van der Waals surface area contributed by atoms with E-state index in [2.05, 4.69) is 97.6 Å². The van der Waals surface area contributed by atoms with E-state index in [1.165, 1.54) is 16.5 Å². The SMILES string of the molecule is CCN(CC)c1ccc(/C=N\N(c2ccccc2)c2ccc3ccccc3c2)cc1. The molecule has 0 bridgehead atoms. The van der Waals surface area contributed by atoms with Crippen molar-refractivity contribution in [1.82, 2.24) is 0 Å². The van der Waals surface area contributed by atoms with E-state index >= 15 is 0 Å². The van der Waals surface area contributed by atoms with E-state index in [1.54, 1.807) is 0 Å². The topological polar surface area (TPSA) is 18.8 Å². The first kappa shape index (κ1) is 19.7. The largest absolute Gasteiger partial charge is 0.372 e. The number of hydrogen-bond donors (Lipinski definition) is 0. The van der Waals surface area contributed by atoms with Crippen LogP contribution < -0.4 is 9.91 Å². The number of fused-ring (bicyclic) bond motifs is 1. The van der Waals surface area contributed by atoms with Crippen LogP contribution in [0.2, 0.25) is 0 Å². The molecule has 0 aliphatic carbocycles. The number of benzene rings is 4. The Kier molecular flexibility index (Phi) is 6.09. The molecule has 0 unspecified atom stereocenters. The molecule has 4 rings (SSSR count). The van der Waals surface area contributed by atoms with E-state index in [-0.39, 0.29) is 0 Å². The third-order valence-corrected chi connectivity index (χ3v) is 5.32. The van der Waals surface area contributed by atoms with Gasteiger partial charge in [-0.3, -0.25) is 0 Å². The summed E-state index contributed by atoms with van der Waals surface area (Å²) in [5.41, 5.74) is 4.39. The van der Waals surface area contributed by atoms with Gasteiger partial charge in [-0.2, -0.15) is 5.10 Å². The predicted molar refractivity (Wildman–Crippen MR) is 130 cm³/mol. The zero-order chi connectivity index (χ0) is 20.8. The van der Waals surface area contributed by atoms with Crippen LogP contribution in [0.1, 0.15) is 19.4 Å². The number of hydrogen-bond acceptors (Lipinski definition) is 3. The second kappa shape index (κ2) is 9.27. The minimum atomic E-state index is 1.01. The molecule has 3 heteroatoms. The molecule has 3 nitrogen and oxygen atoms in total. The highest BCUT2D eigenvalue weighted by molar-refractivity contribution is 5.88. The lowest BCUT2D eigenvalue weighted by Gasteiger charge is -2.21. The highest BCUT2D eigenvalue weighted by atomic mass is 15.5. The van der Waals surface area contributed by atoms with Crippen molar-refractivity contribution in [2.45, 2.75) is 13.8 Å². The molecule has 0 saturated heterocycles. The maximum absolute atomic E-state index is 4.85. The summed E-state index contributed by atoms with van der Waals surface area (Å²) in [6, 6.07) is 33.7. The van der Waals surface area contributed by atoms with E-state index in [1.807, 2.05) is 29.4 Å². The van der Waals surface area contributed by atoms with E-state index in [9.17, 15) is 0 Å². The molecule has 0 fully saturated rings. The maximum atomic E-state index is 4.85. The smallest absolute Gasteiger partial charge is 0.0659 e. The number of anilines is 3. The van der Waals surface area contributed by atoms with Gasteiger partial charge in [-0.15, -0.1) is 0 Å². The Labute approximate surface area is 178 Å². The lowest BCUT2D eigenvalue weighted by Crippen LogP contribution is -2.21. The molecule has 150 valence electrons. The molecule has 0 amide bonds. The summed E-state index contributed by atoms with van der Waals surface area (Å²) < 4.78 is 0. The fourth-order valence-corrected chi connectivity index (χ4v) is 3.64. The summed E-state index contributed by atoms with van der Waals surface area (Å²) in [4.78, 5) is 2.34. The summed E-state index contributed by atoms with van der Waals surface area (Å²) >= 11 is 0. The van der Waals surface area contributed by atoms with Crippen LogP contribution in [0.15, 0.2) is 102 Å². The molecule has 0 aliphatic heterocycles. The van der Waals surface area contributed by atoms with E-state index in [0.29, 0.717) is 0 Å². The highest BCUT2D eigenvalue weighted by Gasteiger charge is 2.08. The van der Waals surface area contributed by atoms with Gasteiger partial charge in [0.1, 0.15) is 0 Å².